The van der Waals surface area contributed by atoms with Gasteiger partial charge in [0.05, 0.1) is 17.6 Å². The first-order valence-corrected chi connectivity index (χ1v) is 8.05. The van der Waals surface area contributed by atoms with Crippen molar-refractivity contribution in [2.75, 3.05) is 16.3 Å². The van der Waals surface area contributed by atoms with E-state index in [0.717, 1.165) is 23.1 Å². The summed E-state index contributed by atoms with van der Waals surface area (Å²) in [5, 5.41) is 3.23. The third kappa shape index (κ3) is 3.96. The number of benzene rings is 1. The van der Waals surface area contributed by atoms with Gasteiger partial charge in [0.15, 0.2) is 0 Å². The number of nitrogens with one attached hydrogen (secondary N) is 2. The maximum absolute atomic E-state index is 11.3. The topological polar surface area (TPSA) is 71.1 Å². The van der Waals surface area contributed by atoms with Gasteiger partial charge in [-0.05, 0) is 36.2 Å². The lowest BCUT2D eigenvalue weighted by Gasteiger charge is -2.13. The SMILES string of the molecule is Cc1ccncc1CNc1ccccc1NS(C)(=O)=O. The second-order valence-corrected chi connectivity index (χ2v) is 6.32. The number of hydrogen-bond acceptors (Lipinski definition) is 4. The number of aryl methyl sites for hydroxylation is 1. The first kappa shape index (κ1) is 14.3. The molecule has 0 bridgehead atoms. The first-order chi connectivity index (χ1) is 9.46. The molecule has 0 spiro atoms. The van der Waals surface area contributed by atoms with Crippen molar-refractivity contribution >= 4 is 21.4 Å². The molecule has 0 atom stereocenters. The molecule has 5 nitrogen and oxygen atoms in total. The van der Waals surface area contributed by atoms with Gasteiger partial charge in [-0.1, -0.05) is 12.1 Å². The smallest absolute Gasteiger partial charge is 0.229 e. The maximum Gasteiger partial charge on any atom is 0.229 e. The highest BCUT2D eigenvalue weighted by Crippen LogP contribution is 2.22. The fourth-order valence-corrected chi connectivity index (χ4v) is 2.38. The average Bonchev–Trinajstić information content (AvgIpc) is 2.37. The molecule has 0 unspecified atom stereocenters. The molecule has 0 fully saturated rings. The van der Waals surface area contributed by atoms with Crippen LogP contribution >= 0.6 is 0 Å². The summed E-state index contributed by atoms with van der Waals surface area (Å²) in [6, 6.07) is 9.14. The van der Waals surface area contributed by atoms with Crippen LogP contribution < -0.4 is 10.0 Å². The van der Waals surface area contributed by atoms with Crippen LogP contribution in [0.5, 0.6) is 0 Å². The number of aromatic nitrogens is 1. The predicted molar refractivity (Wildman–Crippen MR) is 81.2 cm³/mol. The highest BCUT2D eigenvalue weighted by atomic mass is 32.2. The summed E-state index contributed by atoms with van der Waals surface area (Å²) in [7, 11) is -3.29. The van der Waals surface area contributed by atoms with E-state index in [-0.39, 0.29) is 0 Å². The van der Waals surface area contributed by atoms with Gasteiger partial charge in [-0.3, -0.25) is 9.71 Å². The molecule has 1 aromatic heterocycles. The number of sulfonamides is 1. The van der Waals surface area contributed by atoms with Crippen molar-refractivity contribution in [3.8, 4) is 0 Å². The number of para-hydroxylation sites is 2. The largest absolute Gasteiger partial charge is 0.379 e. The Labute approximate surface area is 119 Å². The molecule has 106 valence electrons. The molecule has 0 aliphatic rings. The normalized spacial score (nSPS) is 11.1. The molecule has 0 radical (unpaired) electrons. The van der Waals surface area contributed by atoms with Crippen LogP contribution in [0.4, 0.5) is 11.4 Å². The molecule has 0 amide bonds. The lowest BCUT2D eigenvalue weighted by molar-refractivity contribution is 0.607. The number of rotatable bonds is 5. The van der Waals surface area contributed by atoms with Crippen LogP contribution in [0.3, 0.4) is 0 Å². The number of pyridine rings is 1. The van der Waals surface area contributed by atoms with Crippen LogP contribution in [0.15, 0.2) is 42.7 Å². The van der Waals surface area contributed by atoms with Gasteiger partial charge in [-0.2, -0.15) is 0 Å². The van der Waals surface area contributed by atoms with Gasteiger partial charge in [0.25, 0.3) is 0 Å². The Bertz CT molecular complexity index is 699. The van der Waals surface area contributed by atoms with E-state index in [1.165, 1.54) is 0 Å². The molecule has 0 saturated heterocycles. The van der Waals surface area contributed by atoms with E-state index in [1.807, 2.05) is 25.1 Å². The van der Waals surface area contributed by atoms with Crippen molar-refractivity contribution in [3.63, 3.8) is 0 Å². The highest BCUT2D eigenvalue weighted by Gasteiger charge is 2.07. The summed E-state index contributed by atoms with van der Waals surface area (Å²) in [6.07, 6.45) is 4.68. The van der Waals surface area contributed by atoms with E-state index >= 15 is 0 Å². The molecule has 0 aliphatic carbocycles. The zero-order chi connectivity index (χ0) is 14.6. The zero-order valence-corrected chi connectivity index (χ0v) is 12.2. The van der Waals surface area contributed by atoms with Gasteiger partial charge >= 0.3 is 0 Å². The van der Waals surface area contributed by atoms with Crippen LogP contribution in [0.25, 0.3) is 0 Å². The second kappa shape index (κ2) is 5.92. The van der Waals surface area contributed by atoms with Gasteiger partial charge in [-0.15, -0.1) is 0 Å². The molecular formula is C14H17N3O2S. The number of anilines is 2. The zero-order valence-electron chi connectivity index (χ0n) is 11.4. The van der Waals surface area contributed by atoms with Crippen LogP contribution in [0.2, 0.25) is 0 Å². The summed E-state index contributed by atoms with van der Waals surface area (Å²) >= 11 is 0. The molecular weight excluding hydrogens is 274 g/mol. The van der Waals surface area contributed by atoms with Crippen LogP contribution in [-0.4, -0.2) is 19.7 Å². The molecule has 2 aromatic rings. The Kier molecular flexibility index (Phi) is 4.24. The molecule has 2 rings (SSSR count). The van der Waals surface area contributed by atoms with Gasteiger partial charge in [0.1, 0.15) is 0 Å². The molecule has 0 saturated carbocycles. The quantitative estimate of drug-likeness (QED) is 0.887. The molecule has 20 heavy (non-hydrogen) atoms. The Balaban J connectivity index is 2.16. The number of nitrogens with zero attached hydrogens (tertiary/aromatic N) is 1. The van der Waals surface area contributed by atoms with Crippen molar-refractivity contribution in [1.29, 1.82) is 0 Å². The summed E-state index contributed by atoms with van der Waals surface area (Å²) in [5.41, 5.74) is 3.49. The fraction of sp³-hybridized carbons (Fsp3) is 0.214. The minimum atomic E-state index is -3.29. The third-order valence-electron chi connectivity index (χ3n) is 2.84. The van der Waals surface area contributed by atoms with Gasteiger partial charge in [0, 0.05) is 18.9 Å². The third-order valence-corrected chi connectivity index (χ3v) is 3.43. The summed E-state index contributed by atoms with van der Waals surface area (Å²) in [4.78, 5) is 4.09. The van der Waals surface area contributed by atoms with Crippen LogP contribution in [0.1, 0.15) is 11.1 Å². The molecule has 0 aliphatic heterocycles. The van der Waals surface area contributed by atoms with Gasteiger partial charge in [0.2, 0.25) is 10.0 Å². The van der Waals surface area contributed by atoms with Crippen molar-refractivity contribution in [3.05, 3.63) is 53.9 Å². The van der Waals surface area contributed by atoms with E-state index in [1.54, 1.807) is 24.5 Å². The van der Waals surface area contributed by atoms with Crippen molar-refractivity contribution in [2.24, 2.45) is 0 Å². The monoisotopic (exact) mass is 291 g/mol. The fourth-order valence-electron chi connectivity index (χ4n) is 1.80. The van der Waals surface area contributed by atoms with Crippen LogP contribution in [0, 0.1) is 6.92 Å². The Morgan fingerprint density at radius 1 is 1.15 bits per heavy atom. The predicted octanol–water partition coefficient (Wildman–Crippen LogP) is 2.37. The average molecular weight is 291 g/mol. The van der Waals surface area contributed by atoms with E-state index in [2.05, 4.69) is 15.0 Å². The summed E-state index contributed by atoms with van der Waals surface area (Å²) < 4.78 is 25.2. The lowest BCUT2D eigenvalue weighted by atomic mass is 10.1. The van der Waals surface area contributed by atoms with E-state index < -0.39 is 10.0 Å². The summed E-state index contributed by atoms with van der Waals surface area (Å²) in [6.45, 7) is 2.60. The van der Waals surface area contributed by atoms with Gasteiger partial charge < -0.3 is 5.32 Å². The first-order valence-electron chi connectivity index (χ1n) is 6.16. The van der Waals surface area contributed by atoms with Gasteiger partial charge in [-0.25, -0.2) is 8.42 Å². The minimum Gasteiger partial charge on any atom is -0.379 e. The highest BCUT2D eigenvalue weighted by molar-refractivity contribution is 7.92. The number of hydrogen-bond donors (Lipinski definition) is 2. The van der Waals surface area contributed by atoms with Crippen molar-refractivity contribution < 1.29 is 8.42 Å². The molecule has 6 heteroatoms. The van der Waals surface area contributed by atoms with E-state index in [0.29, 0.717) is 12.2 Å². The summed E-state index contributed by atoms with van der Waals surface area (Å²) in [5.74, 6) is 0. The second-order valence-electron chi connectivity index (χ2n) is 4.58. The minimum absolute atomic E-state index is 0.538. The van der Waals surface area contributed by atoms with Crippen molar-refractivity contribution in [2.45, 2.75) is 13.5 Å². The van der Waals surface area contributed by atoms with E-state index in [4.69, 9.17) is 0 Å². The Morgan fingerprint density at radius 2 is 1.85 bits per heavy atom. The molecule has 2 N–H and O–H groups in total. The lowest BCUT2D eigenvalue weighted by Crippen LogP contribution is -2.12. The Hall–Kier alpha value is -2.08. The van der Waals surface area contributed by atoms with Crippen LogP contribution in [-0.2, 0) is 16.6 Å². The maximum atomic E-state index is 11.3. The van der Waals surface area contributed by atoms with E-state index in [9.17, 15) is 8.42 Å². The molecule has 1 heterocycles. The van der Waals surface area contributed by atoms with Crippen molar-refractivity contribution in [1.82, 2.24) is 4.98 Å². The Morgan fingerprint density at radius 3 is 2.50 bits per heavy atom. The molecule has 1 aromatic carbocycles. The standard InChI is InChI=1S/C14H17N3O2S/c1-11-7-8-15-9-12(11)10-16-13-5-3-4-6-14(13)17-20(2,18)19/h3-9,16-17H,10H2,1-2H3.